The second kappa shape index (κ2) is 8.79. The second-order valence-corrected chi connectivity index (χ2v) is 6.55. The molecule has 0 amide bonds. The Balaban J connectivity index is 1.51. The maximum atomic E-state index is 11.1. The average molecular weight is 339 g/mol. The third-order valence-corrected chi connectivity index (χ3v) is 4.77. The van der Waals surface area contributed by atoms with Crippen LogP contribution in [0.2, 0.25) is 0 Å². The van der Waals surface area contributed by atoms with E-state index in [0.717, 1.165) is 25.9 Å². The van der Waals surface area contributed by atoms with Gasteiger partial charge in [-0.1, -0.05) is 54.6 Å². The quantitative estimate of drug-likeness (QED) is 0.782. The van der Waals surface area contributed by atoms with Gasteiger partial charge < -0.3 is 14.7 Å². The Hall–Kier alpha value is -2.17. The number of rotatable bonds is 7. The van der Waals surface area contributed by atoms with E-state index in [0.29, 0.717) is 19.8 Å². The van der Waals surface area contributed by atoms with Crippen molar-refractivity contribution in [3.05, 3.63) is 60.2 Å². The SMILES string of the molecule is O=C(O)C1CCCN(CCOCc2ccccc2-c2ccccc2)C1. The Morgan fingerprint density at radius 2 is 1.88 bits per heavy atom. The molecule has 4 nitrogen and oxygen atoms in total. The normalized spacial score (nSPS) is 18.2. The van der Waals surface area contributed by atoms with Gasteiger partial charge in [-0.3, -0.25) is 4.79 Å². The minimum absolute atomic E-state index is 0.229. The molecular weight excluding hydrogens is 314 g/mol. The van der Waals surface area contributed by atoms with E-state index < -0.39 is 5.97 Å². The molecule has 1 heterocycles. The molecule has 0 bridgehead atoms. The number of hydrogen-bond donors (Lipinski definition) is 1. The van der Waals surface area contributed by atoms with Crippen LogP contribution in [-0.4, -0.2) is 42.2 Å². The maximum Gasteiger partial charge on any atom is 0.307 e. The van der Waals surface area contributed by atoms with Crippen LogP contribution in [0.4, 0.5) is 0 Å². The van der Waals surface area contributed by atoms with Gasteiger partial charge >= 0.3 is 5.97 Å². The molecule has 1 saturated heterocycles. The van der Waals surface area contributed by atoms with Crippen molar-refractivity contribution in [1.29, 1.82) is 0 Å². The number of carbonyl (C=O) groups is 1. The molecule has 1 unspecified atom stereocenters. The van der Waals surface area contributed by atoms with Crippen LogP contribution in [0.25, 0.3) is 11.1 Å². The molecule has 3 rings (SSSR count). The summed E-state index contributed by atoms with van der Waals surface area (Å²) in [6.45, 7) is 3.58. The van der Waals surface area contributed by atoms with E-state index >= 15 is 0 Å². The predicted octanol–water partition coefficient (Wildman–Crippen LogP) is 3.67. The Morgan fingerprint density at radius 3 is 2.68 bits per heavy atom. The van der Waals surface area contributed by atoms with Crippen LogP contribution in [-0.2, 0) is 16.1 Å². The first-order valence-electron chi connectivity index (χ1n) is 8.90. The largest absolute Gasteiger partial charge is 0.481 e. The Bertz CT molecular complexity index is 687. The molecule has 1 fully saturated rings. The molecule has 2 aromatic rings. The fourth-order valence-corrected chi connectivity index (χ4v) is 3.38. The first kappa shape index (κ1) is 17.6. The van der Waals surface area contributed by atoms with E-state index in [2.05, 4.69) is 29.2 Å². The second-order valence-electron chi connectivity index (χ2n) is 6.55. The summed E-state index contributed by atoms with van der Waals surface area (Å²) in [4.78, 5) is 13.3. The van der Waals surface area contributed by atoms with Crippen LogP contribution in [0.3, 0.4) is 0 Å². The van der Waals surface area contributed by atoms with E-state index in [9.17, 15) is 4.79 Å². The van der Waals surface area contributed by atoms with Gasteiger partial charge in [-0.2, -0.15) is 0 Å². The summed E-state index contributed by atoms with van der Waals surface area (Å²) in [5.74, 6) is -0.907. The van der Waals surface area contributed by atoms with Crippen LogP contribution in [0.1, 0.15) is 18.4 Å². The van der Waals surface area contributed by atoms with Gasteiger partial charge in [0.2, 0.25) is 0 Å². The van der Waals surface area contributed by atoms with Gasteiger partial charge in [0, 0.05) is 13.1 Å². The zero-order valence-electron chi connectivity index (χ0n) is 14.4. The molecule has 4 heteroatoms. The zero-order valence-corrected chi connectivity index (χ0v) is 14.4. The number of ether oxygens (including phenoxy) is 1. The fourth-order valence-electron chi connectivity index (χ4n) is 3.38. The third kappa shape index (κ3) is 4.91. The predicted molar refractivity (Wildman–Crippen MR) is 98.3 cm³/mol. The first-order valence-corrected chi connectivity index (χ1v) is 8.90. The van der Waals surface area contributed by atoms with Crippen molar-refractivity contribution in [2.75, 3.05) is 26.2 Å². The molecule has 0 saturated carbocycles. The molecule has 0 radical (unpaired) electrons. The van der Waals surface area contributed by atoms with Gasteiger partial charge in [0.25, 0.3) is 0 Å². The van der Waals surface area contributed by atoms with Gasteiger partial charge in [-0.05, 0) is 36.1 Å². The van der Waals surface area contributed by atoms with Crippen LogP contribution in [0, 0.1) is 5.92 Å². The summed E-state index contributed by atoms with van der Waals surface area (Å²) >= 11 is 0. The number of benzene rings is 2. The van der Waals surface area contributed by atoms with Crippen molar-refractivity contribution in [3.63, 3.8) is 0 Å². The highest BCUT2D eigenvalue weighted by atomic mass is 16.5. The van der Waals surface area contributed by atoms with Gasteiger partial charge in [-0.15, -0.1) is 0 Å². The molecular formula is C21H25NO3. The molecule has 132 valence electrons. The van der Waals surface area contributed by atoms with Gasteiger partial charge in [-0.25, -0.2) is 0 Å². The molecule has 1 aliphatic heterocycles. The number of hydrogen-bond acceptors (Lipinski definition) is 3. The lowest BCUT2D eigenvalue weighted by molar-refractivity contribution is -0.143. The van der Waals surface area contributed by atoms with Crippen LogP contribution >= 0.6 is 0 Å². The standard InChI is InChI=1S/C21H25NO3/c23-21(24)18-10-6-12-22(15-18)13-14-25-16-19-9-4-5-11-20(19)17-7-2-1-3-8-17/h1-5,7-9,11,18H,6,10,12-16H2,(H,23,24). The number of piperidine rings is 1. The summed E-state index contributed by atoms with van der Waals surface area (Å²) in [5, 5.41) is 9.16. The van der Waals surface area contributed by atoms with E-state index in [4.69, 9.17) is 9.84 Å². The molecule has 1 N–H and O–H groups in total. The highest BCUT2D eigenvalue weighted by Gasteiger charge is 2.24. The molecule has 25 heavy (non-hydrogen) atoms. The molecule has 2 aromatic carbocycles. The van der Waals surface area contributed by atoms with Gasteiger partial charge in [0.15, 0.2) is 0 Å². The lowest BCUT2D eigenvalue weighted by atomic mass is 9.98. The maximum absolute atomic E-state index is 11.1. The van der Waals surface area contributed by atoms with E-state index in [1.165, 1.54) is 16.7 Å². The Labute approximate surface area is 149 Å². The summed E-state index contributed by atoms with van der Waals surface area (Å²) in [6, 6.07) is 18.6. The summed E-state index contributed by atoms with van der Waals surface area (Å²) in [7, 11) is 0. The van der Waals surface area contributed by atoms with E-state index in [-0.39, 0.29) is 5.92 Å². The van der Waals surface area contributed by atoms with E-state index in [1.54, 1.807) is 0 Å². The van der Waals surface area contributed by atoms with Crippen LogP contribution in [0.15, 0.2) is 54.6 Å². The lowest BCUT2D eigenvalue weighted by Gasteiger charge is -2.30. The van der Waals surface area contributed by atoms with Gasteiger partial charge in [0.1, 0.15) is 0 Å². The minimum atomic E-state index is -0.678. The minimum Gasteiger partial charge on any atom is -0.481 e. The summed E-state index contributed by atoms with van der Waals surface area (Å²) in [6.07, 6.45) is 1.74. The van der Waals surface area contributed by atoms with Crippen molar-refractivity contribution in [1.82, 2.24) is 4.90 Å². The van der Waals surface area contributed by atoms with Gasteiger partial charge in [0.05, 0.1) is 19.1 Å². The van der Waals surface area contributed by atoms with Crippen LogP contribution in [0.5, 0.6) is 0 Å². The smallest absolute Gasteiger partial charge is 0.307 e. The lowest BCUT2D eigenvalue weighted by Crippen LogP contribution is -2.40. The van der Waals surface area contributed by atoms with Crippen molar-refractivity contribution in [2.24, 2.45) is 5.92 Å². The molecule has 0 spiro atoms. The fraction of sp³-hybridized carbons (Fsp3) is 0.381. The monoisotopic (exact) mass is 339 g/mol. The molecule has 1 aliphatic rings. The summed E-state index contributed by atoms with van der Waals surface area (Å²) < 4.78 is 5.89. The topological polar surface area (TPSA) is 49.8 Å². The van der Waals surface area contributed by atoms with Crippen molar-refractivity contribution in [3.8, 4) is 11.1 Å². The Morgan fingerprint density at radius 1 is 1.12 bits per heavy atom. The molecule has 0 aliphatic carbocycles. The highest BCUT2D eigenvalue weighted by molar-refractivity contribution is 5.70. The first-order chi connectivity index (χ1) is 12.2. The number of carboxylic acids is 1. The zero-order chi connectivity index (χ0) is 17.5. The number of aliphatic carboxylic acids is 1. The number of carboxylic acid groups (broad SMARTS) is 1. The number of nitrogens with zero attached hydrogens (tertiary/aromatic N) is 1. The molecule has 0 aromatic heterocycles. The van der Waals surface area contributed by atoms with Crippen molar-refractivity contribution >= 4 is 5.97 Å². The van der Waals surface area contributed by atoms with Crippen molar-refractivity contribution < 1.29 is 14.6 Å². The number of likely N-dealkylation sites (tertiary alicyclic amines) is 1. The highest BCUT2D eigenvalue weighted by Crippen LogP contribution is 2.24. The van der Waals surface area contributed by atoms with Crippen molar-refractivity contribution in [2.45, 2.75) is 19.4 Å². The van der Waals surface area contributed by atoms with Crippen LogP contribution < -0.4 is 0 Å². The summed E-state index contributed by atoms with van der Waals surface area (Å²) in [5.41, 5.74) is 3.57. The Kier molecular flexibility index (Phi) is 6.20. The third-order valence-electron chi connectivity index (χ3n) is 4.77. The average Bonchev–Trinajstić information content (AvgIpc) is 2.66. The van der Waals surface area contributed by atoms with E-state index in [1.807, 2.05) is 30.3 Å². The molecule has 1 atom stereocenters.